The lowest BCUT2D eigenvalue weighted by Crippen LogP contribution is -2.11. The van der Waals surface area contributed by atoms with E-state index in [1.54, 1.807) is 33.5 Å². The van der Waals surface area contributed by atoms with Crippen LogP contribution < -0.4 is 24.7 Å². The first-order chi connectivity index (χ1) is 10.2. The van der Waals surface area contributed by atoms with E-state index < -0.39 is 0 Å². The summed E-state index contributed by atoms with van der Waals surface area (Å²) in [5.74, 6) is 2.47. The van der Waals surface area contributed by atoms with E-state index in [0.29, 0.717) is 36.0 Å². The van der Waals surface area contributed by atoms with E-state index in [1.807, 2.05) is 0 Å². The molecular formula is C14H22N2O5. The van der Waals surface area contributed by atoms with Crippen LogP contribution in [0.15, 0.2) is 17.3 Å². The van der Waals surface area contributed by atoms with Gasteiger partial charge < -0.3 is 29.9 Å². The smallest absolute Gasteiger partial charge is 0.203 e. The lowest BCUT2D eigenvalue weighted by atomic mass is 10.2. The van der Waals surface area contributed by atoms with Gasteiger partial charge in [0.05, 0.1) is 27.9 Å². The maximum atomic E-state index is 8.43. The van der Waals surface area contributed by atoms with Gasteiger partial charge in [-0.2, -0.15) is 0 Å². The molecular weight excluding hydrogens is 276 g/mol. The van der Waals surface area contributed by atoms with Gasteiger partial charge in [0, 0.05) is 18.6 Å². The van der Waals surface area contributed by atoms with E-state index in [4.69, 9.17) is 29.9 Å². The summed E-state index contributed by atoms with van der Waals surface area (Å²) in [7, 11) is 4.66. The van der Waals surface area contributed by atoms with Crippen molar-refractivity contribution in [1.29, 1.82) is 0 Å². The lowest BCUT2D eigenvalue weighted by Gasteiger charge is -2.14. The van der Waals surface area contributed by atoms with Crippen LogP contribution in [-0.2, 0) is 0 Å². The van der Waals surface area contributed by atoms with Crippen LogP contribution in [-0.4, -0.2) is 39.0 Å². The van der Waals surface area contributed by atoms with Gasteiger partial charge in [-0.15, -0.1) is 0 Å². The fourth-order valence-electron chi connectivity index (χ4n) is 1.79. The normalized spacial score (nSPS) is 11.1. The zero-order chi connectivity index (χ0) is 15.7. The van der Waals surface area contributed by atoms with Crippen LogP contribution in [0.2, 0.25) is 0 Å². The van der Waals surface area contributed by atoms with Gasteiger partial charge in [-0.25, -0.2) is 0 Å². The molecule has 3 N–H and O–H groups in total. The summed E-state index contributed by atoms with van der Waals surface area (Å²) in [6, 6.07) is 3.48. The molecule has 0 spiro atoms. The van der Waals surface area contributed by atoms with Gasteiger partial charge >= 0.3 is 0 Å². The molecule has 0 radical (unpaired) electrons. The molecule has 0 saturated heterocycles. The highest BCUT2D eigenvalue weighted by atomic mass is 16.5. The summed E-state index contributed by atoms with van der Waals surface area (Å²) in [6.45, 7) is 0.511. The number of benzene rings is 1. The molecule has 1 rings (SSSR count). The second-order valence-corrected chi connectivity index (χ2v) is 4.26. The lowest BCUT2D eigenvalue weighted by molar-refractivity contribution is 0.292. The zero-order valence-electron chi connectivity index (χ0n) is 12.6. The first-order valence-electron chi connectivity index (χ1n) is 6.55. The molecule has 0 aliphatic heterocycles. The number of amidine groups is 1. The average molecular weight is 298 g/mol. The van der Waals surface area contributed by atoms with Gasteiger partial charge in [0.15, 0.2) is 11.5 Å². The topological polar surface area (TPSA) is 95.5 Å². The van der Waals surface area contributed by atoms with Gasteiger partial charge in [0.2, 0.25) is 5.75 Å². The van der Waals surface area contributed by atoms with Crippen LogP contribution in [0, 0.1) is 0 Å². The third kappa shape index (κ3) is 4.94. The number of nitrogens with two attached hydrogens (primary N) is 1. The highest BCUT2D eigenvalue weighted by Gasteiger charge is 2.13. The molecule has 0 fully saturated rings. The molecule has 0 amide bonds. The van der Waals surface area contributed by atoms with Crippen molar-refractivity contribution in [3.63, 3.8) is 0 Å². The Morgan fingerprint density at radius 2 is 1.71 bits per heavy atom. The van der Waals surface area contributed by atoms with E-state index in [0.717, 1.165) is 12.8 Å². The number of hydrogen-bond acceptors (Lipinski definition) is 6. The standard InChI is InChI=1S/C14H22N2O5/c1-18-11-8-10(9-12(19-2)14(11)20-3)21-7-5-4-6-13(15)16-17/h8-9,17H,4-7H2,1-3H3,(H2,15,16). The largest absolute Gasteiger partial charge is 0.493 e. The number of nitrogens with zero attached hydrogens (tertiary/aromatic N) is 1. The minimum absolute atomic E-state index is 0.225. The molecule has 0 bridgehead atoms. The van der Waals surface area contributed by atoms with E-state index in [1.165, 1.54) is 0 Å². The Balaban J connectivity index is 2.59. The third-order valence-electron chi connectivity index (χ3n) is 2.86. The Hall–Kier alpha value is -2.31. The van der Waals surface area contributed by atoms with Gasteiger partial charge in [-0.3, -0.25) is 0 Å². The number of oxime groups is 1. The molecule has 0 unspecified atom stereocenters. The SMILES string of the molecule is COc1cc(OCCCC/C(N)=N/O)cc(OC)c1OC. The first kappa shape index (κ1) is 16.7. The summed E-state index contributed by atoms with van der Waals surface area (Å²) >= 11 is 0. The molecule has 1 aromatic carbocycles. The van der Waals surface area contributed by atoms with E-state index in [2.05, 4.69) is 5.16 Å². The molecule has 0 aliphatic carbocycles. The summed E-state index contributed by atoms with van der Waals surface area (Å²) in [5, 5.41) is 11.3. The predicted molar refractivity (Wildman–Crippen MR) is 78.9 cm³/mol. The van der Waals surface area contributed by atoms with Crippen molar-refractivity contribution < 1.29 is 24.2 Å². The minimum Gasteiger partial charge on any atom is -0.493 e. The van der Waals surface area contributed by atoms with Gasteiger partial charge in [-0.05, 0) is 12.8 Å². The van der Waals surface area contributed by atoms with E-state index >= 15 is 0 Å². The van der Waals surface area contributed by atoms with Crippen LogP contribution in [0.25, 0.3) is 0 Å². The Bertz CT molecular complexity index is 451. The van der Waals surface area contributed by atoms with E-state index in [-0.39, 0.29) is 5.84 Å². The third-order valence-corrected chi connectivity index (χ3v) is 2.86. The Labute approximate surface area is 124 Å². The summed E-state index contributed by atoms with van der Waals surface area (Å²) in [4.78, 5) is 0. The molecule has 7 nitrogen and oxygen atoms in total. The molecule has 0 aromatic heterocycles. The number of rotatable bonds is 9. The summed E-state index contributed by atoms with van der Waals surface area (Å²) in [5.41, 5.74) is 5.39. The van der Waals surface area contributed by atoms with Crippen molar-refractivity contribution in [1.82, 2.24) is 0 Å². The molecule has 0 saturated carbocycles. The second-order valence-electron chi connectivity index (χ2n) is 4.26. The van der Waals surface area contributed by atoms with Crippen LogP contribution in [0.4, 0.5) is 0 Å². The van der Waals surface area contributed by atoms with Crippen LogP contribution >= 0.6 is 0 Å². The highest BCUT2D eigenvalue weighted by Crippen LogP contribution is 2.40. The zero-order valence-corrected chi connectivity index (χ0v) is 12.6. The average Bonchev–Trinajstić information content (AvgIpc) is 2.52. The Morgan fingerprint density at radius 1 is 1.10 bits per heavy atom. The molecule has 21 heavy (non-hydrogen) atoms. The molecule has 7 heteroatoms. The van der Waals surface area contributed by atoms with Crippen molar-refractivity contribution in [2.75, 3.05) is 27.9 Å². The monoisotopic (exact) mass is 298 g/mol. The maximum Gasteiger partial charge on any atom is 0.203 e. The number of unbranched alkanes of at least 4 members (excludes halogenated alkanes) is 1. The molecule has 0 aliphatic rings. The quantitative estimate of drug-likeness (QED) is 0.238. The predicted octanol–water partition coefficient (Wildman–Crippen LogP) is 2.01. The number of hydrogen-bond donors (Lipinski definition) is 2. The first-order valence-corrected chi connectivity index (χ1v) is 6.55. The number of methoxy groups -OCH3 is 3. The molecule has 0 atom stereocenters. The van der Waals surface area contributed by atoms with Crippen molar-refractivity contribution in [2.45, 2.75) is 19.3 Å². The molecule has 1 aromatic rings. The van der Waals surface area contributed by atoms with Gasteiger partial charge in [-0.1, -0.05) is 5.16 Å². The summed E-state index contributed by atoms with van der Waals surface area (Å²) in [6.07, 6.45) is 2.10. The Morgan fingerprint density at radius 3 is 2.19 bits per heavy atom. The maximum absolute atomic E-state index is 8.43. The van der Waals surface area contributed by atoms with Crippen molar-refractivity contribution >= 4 is 5.84 Å². The van der Waals surface area contributed by atoms with Crippen LogP contribution in [0.5, 0.6) is 23.0 Å². The number of ether oxygens (including phenoxy) is 4. The van der Waals surface area contributed by atoms with Crippen LogP contribution in [0.1, 0.15) is 19.3 Å². The van der Waals surface area contributed by atoms with Gasteiger partial charge in [0.25, 0.3) is 0 Å². The fraction of sp³-hybridized carbons (Fsp3) is 0.500. The fourth-order valence-corrected chi connectivity index (χ4v) is 1.79. The minimum atomic E-state index is 0.225. The summed E-state index contributed by atoms with van der Waals surface area (Å²) < 4.78 is 21.4. The van der Waals surface area contributed by atoms with Crippen molar-refractivity contribution in [3.8, 4) is 23.0 Å². The van der Waals surface area contributed by atoms with Gasteiger partial charge in [0.1, 0.15) is 11.6 Å². The second kappa shape index (κ2) is 8.78. The molecule has 118 valence electrons. The molecule has 0 heterocycles. The Kier molecular flexibility index (Phi) is 7.00. The van der Waals surface area contributed by atoms with Crippen LogP contribution in [0.3, 0.4) is 0 Å². The van der Waals surface area contributed by atoms with Crippen molar-refractivity contribution in [3.05, 3.63) is 12.1 Å². The van der Waals surface area contributed by atoms with Crippen molar-refractivity contribution in [2.24, 2.45) is 10.9 Å². The highest BCUT2D eigenvalue weighted by molar-refractivity contribution is 5.79. The van der Waals surface area contributed by atoms with E-state index in [9.17, 15) is 0 Å².